The maximum Gasteiger partial charge on any atom is 0.240 e. The van der Waals surface area contributed by atoms with Gasteiger partial charge in [0.25, 0.3) is 0 Å². The number of carbonyl (C=O) groups excluding carboxylic acids is 1. The summed E-state index contributed by atoms with van der Waals surface area (Å²) in [6.45, 7) is 3.48. The molecule has 0 aliphatic carbocycles. The highest BCUT2D eigenvalue weighted by Crippen LogP contribution is 2.07. The number of nitrogens with zero attached hydrogens (tertiary/aromatic N) is 3. The van der Waals surface area contributed by atoms with Gasteiger partial charge in [0.05, 0.1) is 13.2 Å². The lowest BCUT2D eigenvalue weighted by Crippen LogP contribution is -2.35. The highest BCUT2D eigenvalue weighted by atomic mass is 32.1. The number of hydrogen-bond acceptors (Lipinski definition) is 6. The molecule has 0 saturated heterocycles. The molecule has 0 fully saturated rings. The van der Waals surface area contributed by atoms with E-state index in [0.717, 1.165) is 6.54 Å². The molecule has 2 N–H and O–H groups in total. The van der Waals surface area contributed by atoms with Crippen molar-refractivity contribution in [3.05, 3.63) is 5.51 Å². The molecule has 0 aliphatic heterocycles. The Labute approximate surface area is 91.9 Å². The number of nitrogens with one attached hydrogen (secondary N) is 1. The predicted molar refractivity (Wildman–Crippen MR) is 57.7 cm³/mol. The molecule has 84 valence electrons. The summed E-state index contributed by atoms with van der Waals surface area (Å²) in [6, 6.07) is 0. The molecule has 1 aromatic rings. The molecule has 1 aromatic heterocycles. The second kappa shape index (κ2) is 6.44. The van der Waals surface area contributed by atoms with E-state index in [9.17, 15) is 4.79 Å². The Bertz CT molecular complexity index is 291. The van der Waals surface area contributed by atoms with E-state index < -0.39 is 0 Å². The van der Waals surface area contributed by atoms with Crippen LogP contribution in [0.1, 0.15) is 6.92 Å². The second-order valence-electron chi connectivity index (χ2n) is 2.88. The Hall–Kier alpha value is -1.05. The highest BCUT2D eigenvalue weighted by molar-refractivity contribution is 7.13. The lowest BCUT2D eigenvalue weighted by molar-refractivity contribution is -0.117. The van der Waals surface area contributed by atoms with E-state index >= 15 is 0 Å². The first kappa shape index (κ1) is 12.0. The molecule has 1 amide bonds. The van der Waals surface area contributed by atoms with Crippen molar-refractivity contribution in [1.82, 2.24) is 15.1 Å². The number of carbonyl (C=O) groups is 1. The minimum absolute atomic E-state index is 0.0555. The number of aliphatic hydroxyl groups excluding tert-OH is 1. The Morgan fingerprint density at radius 3 is 3.07 bits per heavy atom. The van der Waals surface area contributed by atoms with Crippen molar-refractivity contribution in [2.24, 2.45) is 0 Å². The van der Waals surface area contributed by atoms with Gasteiger partial charge >= 0.3 is 0 Å². The number of amides is 1. The van der Waals surface area contributed by atoms with Crippen LogP contribution < -0.4 is 5.32 Å². The monoisotopic (exact) mass is 230 g/mol. The van der Waals surface area contributed by atoms with Gasteiger partial charge in [0.2, 0.25) is 11.0 Å². The fourth-order valence-corrected chi connectivity index (χ4v) is 1.54. The SMILES string of the molecule is CCN(CCO)CC(=O)Nc1nncs1. The maximum absolute atomic E-state index is 11.5. The number of likely N-dealkylation sites (N-methyl/N-ethyl adjacent to an activating group) is 1. The van der Waals surface area contributed by atoms with Crippen LogP contribution in [-0.2, 0) is 4.79 Å². The van der Waals surface area contributed by atoms with Crippen LogP contribution in [0.4, 0.5) is 5.13 Å². The zero-order chi connectivity index (χ0) is 11.1. The maximum atomic E-state index is 11.5. The van der Waals surface area contributed by atoms with Crippen molar-refractivity contribution < 1.29 is 9.90 Å². The van der Waals surface area contributed by atoms with Crippen LogP contribution in [0.2, 0.25) is 0 Å². The molecule has 7 heteroatoms. The Morgan fingerprint density at radius 1 is 1.73 bits per heavy atom. The van der Waals surface area contributed by atoms with Crippen molar-refractivity contribution in [2.45, 2.75) is 6.92 Å². The first-order valence-corrected chi connectivity index (χ1v) is 5.53. The Kier molecular flexibility index (Phi) is 5.16. The lowest BCUT2D eigenvalue weighted by Gasteiger charge is -2.17. The standard InChI is InChI=1S/C8H14N4O2S/c1-2-12(3-4-13)5-7(14)10-8-11-9-6-15-8/h6,13H,2-5H2,1H3,(H,10,11,14). The molecule has 0 bridgehead atoms. The van der Waals surface area contributed by atoms with E-state index in [2.05, 4.69) is 15.5 Å². The van der Waals surface area contributed by atoms with Crippen LogP contribution in [0.3, 0.4) is 0 Å². The smallest absolute Gasteiger partial charge is 0.240 e. The third kappa shape index (κ3) is 4.32. The zero-order valence-electron chi connectivity index (χ0n) is 8.51. The van der Waals surface area contributed by atoms with Crippen molar-refractivity contribution in [1.29, 1.82) is 0 Å². The highest BCUT2D eigenvalue weighted by Gasteiger charge is 2.09. The van der Waals surface area contributed by atoms with E-state index in [0.29, 0.717) is 11.7 Å². The average molecular weight is 230 g/mol. The summed E-state index contributed by atoms with van der Waals surface area (Å²) in [5.74, 6) is -0.137. The molecule has 0 saturated carbocycles. The van der Waals surface area contributed by atoms with Gasteiger partial charge in [-0.1, -0.05) is 18.3 Å². The van der Waals surface area contributed by atoms with Crippen LogP contribution >= 0.6 is 11.3 Å². The van der Waals surface area contributed by atoms with Gasteiger partial charge in [-0.25, -0.2) is 0 Å². The fraction of sp³-hybridized carbons (Fsp3) is 0.625. The van der Waals surface area contributed by atoms with E-state index in [1.807, 2.05) is 11.8 Å². The summed E-state index contributed by atoms with van der Waals surface area (Å²) < 4.78 is 0. The van der Waals surface area contributed by atoms with Gasteiger partial charge in [-0.05, 0) is 6.54 Å². The zero-order valence-corrected chi connectivity index (χ0v) is 9.33. The van der Waals surface area contributed by atoms with Crippen LogP contribution in [0.25, 0.3) is 0 Å². The molecule has 0 aliphatic rings. The van der Waals surface area contributed by atoms with Crippen molar-refractivity contribution >= 4 is 22.4 Å². The first-order chi connectivity index (χ1) is 7.26. The molecule has 1 rings (SSSR count). The van der Waals surface area contributed by atoms with Crippen LogP contribution in [0.15, 0.2) is 5.51 Å². The van der Waals surface area contributed by atoms with Gasteiger partial charge in [-0.15, -0.1) is 10.2 Å². The van der Waals surface area contributed by atoms with E-state index in [1.165, 1.54) is 11.3 Å². The second-order valence-corrected chi connectivity index (χ2v) is 3.72. The van der Waals surface area contributed by atoms with E-state index in [4.69, 9.17) is 5.11 Å². The first-order valence-electron chi connectivity index (χ1n) is 4.65. The van der Waals surface area contributed by atoms with Crippen molar-refractivity contribution in [3.63, 3.8) is 0 Å². The number of aliphatic hydroxyl groups is 1. The Morgan fingerprint density at radius 2 is 2.53 bits per heavy atom. The van der Waals surface area contributed by atoms with E-state index in [1.54, 1.807) is 5.51 Å². The van der Waals surface area contributed by atoms with Gasteiger partial charge < -0.3 is 5.11 Å². The summed E-state index contributed by atoms with van der Waals surface area (Å²) in [5, 5.41) is 19.2. The topological polar surface area (TPSA) is 78.4 Å². The van der Waals surface area contributed by atoms with E-state index in [-0.39, 0.29) is 19.1 Å². The molecule has 0 atom stereocenters. The number of anilines is 1. The third-order valence-corrected chi connectivity index (χ3v) is 2.44. The number of aromatic nitrogens is 2. The molecule has 0 unspecified atom stereocenters. The number of hydrogen-bond donors (Lipinski definition) is 2. The summed E-state index contributed by atoms with van der Waals surface area (Å²) >= 11 is 1.28. The average Bonchev–Trinajstić information content (AvgIpc) is 2.69. The van der Waals surface area contributed by atoms with Gasteiger partial charge in [-0.3, -0.25) is 15.0 Å². The van der Waals surface area contributed by atoms with Gasteiger partial charge in [-0.2, -0.15) is 0 Å². The molecular weight excluding hydrogens is 216 g/mol. The minimum Gasteiger partial charge on any atom is -0.395 e. The molecule has 0 radical (unpaired) electrons. The number of rotatable bonds is 6. The third-order valence-electron chi connectivity index (χ3n) is 1.84. The normalized spacial score (nSPS) is 10.6. The van der Waals surface area contributed by atoms with Crippen molar-refractivity contribution in [3.8, 4) is 0 Å². The minimum atomic E-state index is -0.137. The molecule has 0 spiro atoms. The molecule has 15 heavy (non-hydrogen) atoms. The van der Waals surface area contributed by atoms with Gasteiger partial charge in [0.15, 0.2) is 0 Å². The summed E-state index contributed by atoms with van der Waals surface area (Å²) in [7, 11) is 0. The Balaban J connectivity index is 2.34. The van der Waals surface area contributed by atoms with Crippen LogP contribution in [0, 0.1) is 0 Å². The largest absolute Gasteiger partial charge is 0.395 e. The summed E-state index contributed by atoms with van der Waals surface area (Å²) in [5.41, 5.74) is 1.56. The quantitative estimate of drug-likeness (QED) is 0.707. The molecular formula is C8H14N4O2S. The van der Waals surface area contributed by atoms with Gasteiger partial charge in [0, 0.05) is 6.54 Å². The molecule has 0 aromatic carbocycles. The molecule has 1 heterocycles. The van der Waals surface area contributed by atoms with Crippen LogP contribution in [0.5, 0.6) is 0 Å². The summed E-state index contributed by atoms with van der Waals surface area (Å²) in [6.07, 6.45) is 0. The van der Waals surface area contributed by atoms with Crippen molar-refractivity contribution in [2.75, 3.05) is 31.6 Å². The predicted octanol–water partition coefficient (Wildman–Crippen LogP) is -0.209. The lowest BCUT2D eigenvalue weighted by atomic mass is 10.4. The fourth-order valence-electron chi connectivity index (χ4n) is 1.08. The van der Waals surface area contributed by atoms with Crippen LogP contribution in [-0.4, -0.2) is 52.4 Å². The molecule has 6 nitrogen and oxygen atoms in total. The summed E-state index contributed by atoms with van der Waals surface area (Å²) in [4.78, 5) is 13.3. The van der Waals surface area contributed by atoms with Gasteiger partial charge in [0.1, 0.15) is 5.51 Å².